The van der Waals surface area contributed by atoms with Crippen LogP contribution in [-0.4, -0.2) is 8.07 Å². The van der Waals surface area contributed by atoms with Crippen molar-refractivity contribution in [1.29, 1.82) is 0 Å². The zero-order chi connectivity index (χ0) is 39.0. The summed E-state index contributed by atoms with van der Waals surface area (Å²) in [6, 6.07) is 49.9. The average Bonchev–Trinajstić information content (AvgIpc) is 3.75. The van der Waals surface area contributed by atoms with Crippen LogP contribution >= 0.6 is 0 Å². The van der Waals surface area contributed by atoms with Gasteiger partial charge in [-0.3, -0.25) is 0 Å². The molecule has 0 nitrogen and oxygen atoms in total. The molecule has 57 heavy (non-hydrogen) atoms. The van der Waals surface area contributed by atoms with Gasteiger partial charge in [-0.25, -0.2) is 0 Å². The second-order valence-corrected chi connectivity index (χ2v) is 24.2. The van der Waals surface area contributed by atoms with Gasteiger partial charge in [0.15, 0.2) is 0 Å². The van der Waals surface area contributed by atoms with Gasteiger partial charge in [-0.2, -0.15) is 12.1 Å². The summed E-state index contributed by atoms with van der Waals surface area (Å²) in [5, 5.41) is 9.69. The van der Waals surface area contributed by atoms with Gasteiger partial charge in [0.25, 0.3) is 0 Å². The van der Waals surface area contributed by atoms with E-state index in [1.807, 2.05) is 0 Å². The second kappa shape index (κ2) is 16.2. The Morgan fingerprint density at radius 3 is 1.05 bits per heavy atom. The maximum atomic E-state index is 2.57. The Hall–Kier alpha value is -3.59. The van der Waals surface area contributed by atoms with E-state index in [9.17, 15) is 0 Å². The van der Waals surface area contributed by atoms with Gasteiger partial charge in [0.1, 0.15) is 8.07 Å². The Kier molecular flexibility index (Phi) is 13.1. The van der Waals surface area contributed by atoms with Gasteiger partial charge in [0, 0.05) is 0 Å². The van der Waals surface area contributed by atoms with E-state index in [-0.39, 0.29) is 62.4 Å². The molecule has 0 aliphatic carbocycles. The molecule has 0 N–H and O–H groups in total. The van der Waals surface area contributed by atoms with Crippen LogP contribution in [0.25, 0.3) is 43.8 Å². The van der Waals surface area contributed by atoms with Crippen molar-refractivity contribution in [2.24, 2.45) is 0 Å². The van der Waals surface area contributed by atoms with Crippen molar-refractivity contribution >= 4 is 45.2 Å². The maximum Gasteiger partial charge on any atom is 4.00 e. The minimum atomic E-state index is -2.45. The number of rotatable bonds is 5. The van der Waals surface area contributed by atoms with Crippen molar-refractivity contribution in [1.82, 2.24) is 0 Å². The van der Waals surface area contributed by atoms with E-state index in [0.29, 0.717) is 0 Å². The fourth-order valence-electron chi connectivity index (χ4n) is 8.12. The average molecular weight is 934 g/mol. The summed E-state index contributed by atoms with van der Waals surface area (Å²) < 4.78 is 0. The standard InChI is InChI=1S/C53H60Si.2CH3.Hf/c1-50(2,3)39-25-37(26-40(31-39)51(4,5)6)46-23-17-19-35-29-44(33-48(35)46)54(13,43-21-15-14-16-22-43)45-30-36-20-18-24-47(49(36)34-45)38-27-41(52(7,8)9)32-42(28-38)53(10,11)12;;;/h14-34H,1-13H3;2*1H3;/q-2;2*-1;+4. The first kappa shape index (κ1) is 46.1. The fourth-order valence-corrected chi connectivity index (χ4v) is 11.7. The van der Waals surface area contributed by atoms with Crippen LogP contribution < -0.4 is 15.6 Å². The number of fused-ring (bicyclic) bond motifs is 2. The molecule has 7 rings (SSSR count). The van der Waals surface area contributed by atoms with Crippen molar-refractivity contribution in [3.8, 4) is 22.3 Å². The van der Waals surface area contributed by atoms with E-state index in [1.54, 1.807) is 0 Å². The summed E-state index contributed by atoms with van der Waals surface area (Å²) in [5.74, 6) is 0. The molecule has 7 aromatic carbocycles. The predicted molar refractivity (Wildman–Crippen MR) is 255 cm³/mol. The molecule has 2 heteroatoms. The molecule has 0 saturated carbocycles. The van der Waals surface area contributed by atoms with Crippen molar-refractivity contribution in [2.45, 2.75) is 111 Å². The smallest absolute Gasteiger partial charge is 0.358 e. The van der Waals surface area contributed by atoms with Crippen LogP contribution in [0.4, 0.5) is 0 Å². The molecule has 0 unspecified atom stereocenters. The monoisotopic (exact) mass is 934 g/mol. The zero-order valence-corrected chi connectivity index (χ0v) is 42.2. The molecular weight excluding hydrogens is 867 g/mol. The van der Waals surface area contributed by atoms with Gasteiger partial charge < -0.3 is 14.9 Å². The third kappa shape index (κ3) is 8.89. The molecule has 0 aliphatic rings. The van der Waals surface area contributed by atoms with Crippen molar-refractivity contribution in [2.75, 3.05) is 0 Å². The number of hydrogen-bond acceptors (Lipinski definition) is 0. The van der Waals surface area contributed by atoms with Crippen LogP contribution in [0.5, 0.6) is 0 Å². The molecule has 7 aromatic rings. The topological polar surface area (TPSA) is 0 Å². The predicted octanol–water partition coefficient (Wildman–Crippen LogP) is 14.0. The van der Waals surface area contributed by atoms with Crippen molar-refractivity contribution in [3.05, 3.63) is 165 Å². The molecule has 0 spiro atoms. The summed E-state index contributed by atoms with van der Waals surface area (Å²) in [7, 11) is -2.45. The van der Waals surface area contributed by atoms with E-state index in [2.05, 4.69) is 217 Å². The molecule has 0 fully saturated rings. The Morgan fingerprint density at radius 2 is 0.737 bits per heavy atom. The van der Waals surface area contributed by atoms with Crippen LogP contribution in [-0.2, 0) is 47.5 Å². The Labute approximate surface area is 366 Å². The van der Waals surface area contributed by atoms with E-state index in [4.69, 9.17) is 0 Å². The largest absolute Gasteiger partial charge is 4.00 e. The molecule has 0 bridgehead atoms. The molecular formula is C55H66HfSi. The first-order chi connectivity index (χ1) is 25.1. The van der Waals surface area contributed by atoms with Gasteiger partial charge in [0.2, 0.25) is 0 Å². The minimum Gasteiger partial charge on any atom is -0.358 e. The number of benzene rings is 5. The van der Waals surface area contributed by atoms with Crippen molar-refractivity contribution in [3.63, 3.8) is 0 Å². The molecule has 294 valence electrons. The summed E-state index contributed by atoms with van der Waals surface area (Å²) in [4.78, 5) is 0. The zero-order valence-electron chi connectivity index (χ0n) is 37.6. The quantitative estimate of drug-likeness (QED) is 0.119. The molecule has 0 heterocycles. The molecule has 0 saturated heterocycles. The van der Waals surface area contributed by atoms with Gasteiger partial charge in [-0.1, -0.05) is 185 Å². The molecule has 0 atom stereocenters. The molecule has 0 aromatic heterocycles. The van der Waals surface area contributed by atoms with Gasteiger partial charge in [-0.05, 0) is 55.0 Å². The minimum absolute atomic E-state index is 0. The van der Waals surface area contributed by atoms with E-state index in [0.717, 1.165) is 0 Å². The summed E-state index contributed by atoms with van der Waals surface area (Å²) in [5.41, 5.74) is 11.1. The summed E-state index contributed by atoms with van der Waals surface area (Å²) in [6.07, 6.45) is 0. The van der Waals surface area contributed by atoms with E-state index < -0.39 is 8.07 Å². The Bertz CT molecular complexity index is 2260. The first-order valence-corrected chi connectivity index (χ1v) is 22.4. The first-order valence-electron chi connectivity index (χ1n) is 19.9. The molecule has 0 radical (unpaired) electrons. The normalized spacial score (nSPS) is 12.6. The third-order valence-electron chi connectivity index (χ3n) is 12.0. The third-order valence-corrected chi connectivity index (χ3v) is 16.3. The van der Waals surface area contributed by atoms with E-state index in [1.165, 1.54) is 81.6 Å². The van der Waals surface area contributed by atoms with E-state index >= 15 is 0 Å². The summed E-state index contributed by atoms with van der Waals surface area (Å²) in [6.45, 7) is 30.5. The maximum absolute atomic E-state index is 2.57. The van der Waals surface area contributed by atoms with Crippen LogP contribution in [0.2, 0.25) is 6.55 Å². The van der Waals surface area contributed by atoms with Gasteiger partial charge in [0.05, 0.1) is 0 Å². The van der Waals surface area contributed by atoms with Crippen LogP contribution in [0.3, 0.4) is 0 Å². The second-order valence-electron chi connectivity index (χ2n) is 20.2. The van der Waals surface area contributed by atoms with Gasteiger partial charge >= 0.3 is 25.8 Å². The van der Waals surface area contributed by atoms with Gasteiger partial charge in [-0.15, -0.1) is 68.3 Å². The van der Waals surface area contributed by atoms with Crippen LogP contribution in [0.15, 0.2) is 127 Å². The van der Waals surface area contributed by atoms with Crippen LogP contribution in [0.1, 0.15) is 105 Å². The fraction of sp³-hybridized carbons (Fsp3) is 0.309. The van der Waals surface area contributed by atoms with Crippen LogP contribution in [0, 0.1) is 14.9 Å². The Balaban J connectivity index is 0.00000240. The Morgan fingerprint density at radius 1 is 0.404 bits per heavy atom. The molecule has 0 amide bonds. The SMILES string of the molecule is CC(C)(C)c1cc(-c2cccc3[cH-]c([Si](C)(c4ccccc4)c4cc5c(-c6cc(C(C)(C)C)cc(C(C)(C)C)c6)cccc5[cH-]4)cc23)cc(C(C)(C)C)c1.[CH3-].[CH3-].[Hf+4]. The number of hydrogen-bond donors (Lipinski definition) is 0. The summed E-state index contributed by atoms with van der Waals surface area (Å²) >= 11 is 0. The molecule has 0 aliphatic heterocycles. The van der Waals surface area contributed by atoms with Crippen molar-refractivity contribution < 1.29 is 25.8 Å².